The van der Waals surface area contributed by atoms with Crippen molar-refractivity contribution < 1.29 is 0 Å². The van der Waals surface area contributed by atoms with E-state index in [-0.39, 0.29) is 0 Å². The van der Waals surface area contributed by atoms with Crippen molar-refractivity contribution >= 4 is 103 Å². The fraction of sp³-hybridized carbons (Fsp3) is 0. The maximum Gasteiger partial charge on any atom is 0.0640 e. The summed E-state index contributed by atoms with van der Waals surface area (Å²) >= 11 is 1.90. The van der Waals surface area contributed by atoms with Gasteiger partial charge in [-0.25, -0.2) is 0 Å². The average Bonchev–Trinajstić information content (AvgIpc) is 3.92. The summed E-state index contributed by atoms with van der Waals surface area (Å²) in [6.45, 7) is 0. The molecule has 0 aliphatic carbocycles. The highest BCUT2D eigenvalue weighted by Gasteiger charge is 2.24. The Labute approximate surface area is 368 Å². The molecule has 0 spiro atoms. The summed E-state index contributed by atoms with van der Waals surface area (Å²) in [5, 5.41) is 12.6. The van der Waals surface area contributed by atoms with Crippen molar-refractivity contribution in [3.63, 3.8) is 0 Å². The molecule has 0 saturated carbocycles. The van der Waals surface area contributed by atoms with Gasteiger partial charge in [0.05, 0.1) is 27.1 Å². The van der Waals surface area contributed by atoms with Gasteiger partial charge < -0.3 is 9.47 Å². The fourth-order valence-corrected chi connectivity index (χ4v) is 11.4. The molecule has 13 aromatic rings. The van der Waals surface area contributed by atoms with Gasteiger partial charge in [0.25, 0.3) is 0 Å². The van der Waals surface area contributed by atoms with Gasteiger partial charge in [0, 0.05) is 37.6 Å². The quantitative estimate of drug-likeness (QED) is 0.152. The van der Waals surface area contributed by atoms with Crippen LogP contribution in [-0.4, -0.2) is 4.57 Å². The summed E-state index contributed by atoms with van der Waals surface area (Å²) in [5.41, 5.74) is 11.7. The minimum atomic E-state index is 1.11. The molecule has 2 aromatic heterocycles. The summed E-state index contributed by atoms with van der Waals surface area (Å²) in [6.07, 6.45) is 0. The molecule has 11 aromatic carbocycles. The Morgan fingerprint density at radius 1 is 0.333 bits per heavy atom. The first-order chi connectivity index (χ1) is 31.3. The summed E-state index contributed by atoms with van der Waals surface area (Å²) in [4.78, 5) is 2.51. The van der Waals surface area contributed by atoms with Crippen molar-refractivity contribution in [3.8, 4) is 27.9 Å². The number of hydrogen-bond donors (Lipinski definition) is 0. The van der Waals surface area contributed by atoms with Gasteiger partial charge in [0.15, 0.2) is 0 Å². The number of thiophene rings is 1. The largest absolute Gasteiger partial charge is 0.309 e. The number of fused-ring (bicyclic) bond motifs is 11. The Kier molecular flexibility index (Phi) is 8.12. The zero-order chi connectivity index (χ0) is 41.4. The van der Waals surface area contributed by atoms with Crippen molar-refractivity contribution in [3.05, 3.63) is 231 Å². The van der Waals surface area contributed by atoms with Crippen LogP contribution >= 0.6 is 11.3 Å². The second kappa shape index (κ2) is 14.3. The third-order valence-electron chi connectivity index (χ3n) is 13.0. The molecule has 0 atom stereocenters. The minimum absolute atomic E-state index is 1.11. The van der Waals surface area contributed by atoms with Gasteiger partial charge in [-0.1, -0.05) is 176 Å². The van der Waals surface area contributed by atoms with Crippen molar-refractivity contribution in [1.82, 2.24) is 4.57 Å². The molecule has 0 unspecified atom stereocenters. The predicted octanol–water partition coefficient (Wildman–Crippen LogP) is 17.4. The van der Waals surface area contributed by atoms with E-state index in [0.717, 1.165) is 17.1 Å². The molecule has 63 heavy (non-hydrogen) atoms. The summed E-state index contributed by atoms with van der Waals surface area (Å²) < 4.78 is 5.02. The number of aromatic nitrogens is 1. The second-order valence-corrected chi connectivity index (χ2v) is 17.4. The van der Waals surface area contributed by atoms with Crippen LogP contribution in [-0.2, 0) is 0 Å². The SMILES string of the molecule is c1ccc(-c2ccc(-n3c4ccccc4c4c(N(c5ccc(-c6cc7ccccc7c7ccccc67)cc5)c5cccc6c5sc5c7ccccc7ccc65)cccc43)cc2)cc1. The van der Waals surface area contributed by atoms with Crippen molar-refractivity contribution in [2.75, 3.05) is 4.90 Å². The zero-order valence-electron chi connectivity index (χ0n) is 34.2. The lowest BCUT2D eigenvalue weighted by Gasteiger charge is -2.27. The standard InChI is InChI=1S/C60H38N2S/c1-2-14-39(15-3-1)40-28-33-44(34-29-40)61-54-24-11-10-22-52(54)58-55(61)25-13-26-56(58)62(57-27-12-23-50-51-37-32-41-16-4-7-19-47(41)59(51)63-60(50)57)45-35-30-42(31-36-45)53-38-43-17-5-6-18-46(43)48-20-8-9-21-49(48)53/h1-38H. The van der Waals surface area contributed by atoms with Gasteiger partial charge in [-0.05, 0) is 109 Å². The van der Waals surface area contributed by atoms with E-state index < -0.39 is 0 Å². The molecule has 0 aliphatic rings. The van der Waals surface area contributed by atoms with Gasteiger partial charge in [-0.15, -0.1) is 11.3 Å². The maximum absolute atomic E-state index is 2.51. The first kappa shape index (κ1) is 35.7. The lowest BCUT2D eigenvalue weighted by molar-refractivity contribution is 1.18. The lowest BCUT2D eigenvalue weighted by Crippen LogP contribution is -2.10. The van der Waals surface area contributed by atoms with Gasteiger partial charge in [-0.2, -0.15) is 0 Å². The molecule has 2 heterocycles. The first-order valence-corrected chi connectivity index (χ1v) is 22.4. The Morgan fingerprint density at radius 2 is 0.921 bits per heavy atom. The van der Waals surface area contributed by atoms with Crippen molar-refractivity contribution in [1.29, 1.82) is 0 Å². The molecule has 2 nitrogen and oxygen atoms in total. The smallest absolute Gasteiger partial charge is 0.0640 e. The van der Waals surface area contributed by atoms with Crippen LogP contribution in [0.4, 0.5) is 17.1 Å². The predicted molar refractivity (Wildman–Crippen MR) is 272 cm³/mol. The third kappa shape index (κ3) is 5.64. The van der Waals surface area contributed by atoms with Crippen LogP contribution in [0.1, 0.15) is 0 Å². The molecule has 294 valence electrons. The normalized spacial score (nSPS) is 11.8. The highest BCUT2D eigenvalue weighted by molar-refractivity contribution is 7.27. The molecule has 0 amide bonds. The van der Waals surface area contributed by atoms with E-state index >= 15 is 0 Å². The van der Waals surface area contributed by atoms with Crippen molar-refractivity contribution in [2.24, 2.45) is 0 Å². The highest BCUT2D eigenvalue weighted by Crippen LogP contribution is 2.50. The number of hydrogen-bond acceptors (Lipinski definition) is 2. The Bertz CT molecular complexity index is 3900. The maximum atomic E-state index is 2.51. The number of para-hydroxylation sites is 1. The monoisotopic (exact) mass is 818 g/mol. The summed E-state index contributed by atoms with van der Waals surface area (Å²) in [6, 6.07) is 84.7. The Balaban J connectivity index is 1.05. The first-order valence-electron chi connectivity index (χ1n) is 21.6. The molecule has 0 fully saturated rings. The average molecular weight is 819 g/mol. The molecule has 0 saturated heterocycles. The van der Waals surface area contributed by atoms with E-state index in [4.69, 9.17) is 0 Å². The van der Waals surface area contributed by atoms with Gasteiger partial charge in [-0.3, -0.25) is 0 Å². The second-order valence-electron chi connectivity index (χ2n) is 16.4. The molecule has 0 bridgehead atoms. The van der Waals surface area contributed by atoms with Crippen LogP contribution in [0.3, 0.4) is 0 Å². The number of benzene rings is 11. The fourth-order valence-electron chi connectivity index (χ4n) is 10.1. The van der Waals surface area contributed by atoms with Gasteiger partial charge >= 0.3 is 0 Å². The molecule has 0 radical (unpaired) electrons. The number of nitrogens with zero attached hydrogens (tertiary/aromatic N) is 2. The lowest BCUT2D eigenvalue weighted by atomic mass is 9.93. The molecular weight excluding hydrogens is 781 g/mol. The Morgan fingerprint density at radius 3 is 1.75 bits per heavy atom. The van der Waals surface area contributed by atoms with E-state index in [1.807, 2.05) is 11.3 Å². The van der Waals surface area contributed by atoms with Crippen LogP contribution in [0.25, 0.3) is 102 Å². The van der Waals surface area contributed by atoms with E-state index in [1.165, 1.54) is 102 Å². The Hall–Kier alpha value is -7.98. The highest BCUT2D eigenvalue weighted by atomic mass is 32.1. The molecule has 3 heteroatoms. The van der Waals surface area contributed by atoms with E-state index in [1.54, 1.807) is 0 Å². The van der Waals surface area contributed by atoms with Crippen molar-refractivity contribution in [2.45, 2.75) is 0 Å². The van der Waals surface area contributed by atoms with Gasteiger partial charge in [0.2, 0.25) is 0 Å². The summed E-state index contributed by atoms with van der Waals surface area (Å²) in [7, 11) is 0. The topological polar surface area (TPSA) is 8.17 Å². The van der Waals surface area contributed by atoms with Crippen LogP contribution in [0.15, 0.2) is 231 Å². The molecule has 13 rings (SSSR count). The van der Waals surface area contributed by atoms with E-state index in [9.17, 15) is 0 Å². The van der Waals surface area contributed by atoms with Crippen LogP contribution < -0.4 is 4.90 Å². The molecule has 0 aliphatic heterocycles. The minimum Gasteiger partial charge on any atom is -0.309 e. The molecular formula is C60H38N2S. The van der Waals surface area contributed by atoms with Crippen LogP contribution in [0.2, 0.25) is 0 Å². The number of rotatable bonds is 6. The van der Waals surface area contributed by atoms with E-state index in [2.05, 4.69) is 240 Å². The zero-order valence-corrected chi connectivity index (χ0v) is 35.1. The van der Waals surface area contributed by atoms with Gasteiger partial charge in [0.1, 0.15) is 0 Å². The molecule has 0 N–H and O–H groups in total. The number of anilines is 3. The van der Waals surface area contributed by atoms with Crippen LogP contribution in [0.5, 0.6) is 0 Å². The summed E-state index contributed by atoms with van der Waals surface area (Å²) in [5.74, 6) is 0. The van der Waals surface area contributed by atoms with Crippen LogP contribution in [0, 0.1) is 0 Å². The van der Waals surface area contributed by atoms with E-state index in [0.29, 0.717) is 0 Å². The third-order valence-corrected chi connectivity index (χ3v) is 14.2.